The van der Waals surface area contributed by atoms with E-state index in [1.165, 1.54) is 0 Å². The normalized spacial score (nSPS) is 22.7. The molecule has 1 fully saturated rings. The van der Waals surface area contributed by atoms with E-state index in [2.05, 4.69) is 5.32 Å². The fourth-order valence-electron chi connectivity index (χ4n) is 2.30. The molecule has 0 unspecified atom stereocenters. The Labute approximate surface area is 123 Å². The van der Waals surface area contributed by atoms with Crippen LogP contribution in [0.15, 0.2) is 24.3 Å². The quantitative estimate of drug-likeness (QED) is 0.853. The Kier molecular flexibility index (Phi) is 3.85. The zero-order chi connectivity index (χ0) is 15.6. The lowest BCUT2D eigenvalue weighted by Crippen LogP contribution is -2.41. The van der Waals surface area contributed by atoms with Gasteiger partial charge in [0.15, 0.2) is 0 Å². The van der Waals surface area contributed by atoms with E-state index in [4.69, 9.17) is 10.00 Å². The van der Waals surface area contributed by atoms with Crippen LogP contribution in [0.1, 0.15) is 19.4 Å². The predicted molar refractivity (Wildman–Crippen MR) is 75.4 cm³/mol. The third-order valence-electron chi connectivity index (χ3n) is 3.62. The van der Waals surface area contributed by atoms with Crippen LogP contribution in [0.2, 0.25) is 0 Å². The molecule has 1 aromatic rings. The first-order valence-corrected chi connectivity index (χ1v) is 6.60. The minimum absolute atomic E-state index is 0.0902. The summed E-state index contributed by atoms with van der Waals surface area (Å²) in [5.41, 5.74) is -0.438. The molecule has 0 aliphatic carbocycles. The second kappa shape index (κ2) is 5.44. The average molecular weight is 287 g/mol. The number of methoxy groups -OCH3 is 1. The van der Waals surface area contributed by atoms with Crippen molar-refractivity contribution in [3.8, 4) is 11.8 Å². The van der Waals surface area contributed by atoms with Gasteiger partial charge in [0.25, 0.3) is 5.91 Å². The smallest absolute Gasteiger partial charge is 0.325 e. The van der Waals surface area contributed by atoms with Gasteiger partial charge >= 0.3 is 6.03 Å². The average Bonchev–Trinajstić information content (AvgIpc) is 2.71. The van der Waals surface area contributed by atoms with Crippen LogP contribution in [-0.4, -0.2) is 30.5 Å². The Balaban J connectivity index is 2.29. The van der Waals surface area contributed by atoms with Crippen molar-refractivity contribution >= 4 is 11.9 Å². The van der Waals surface area contributed by atoms with Crippen LogP contribution in [0, 0.1) is 17.2 Å². The van der Waals surface area contributed by atoms with Crippen LogP contribution in [0.4, 0.5) is 4.79 Å². The van der Waals surface area contributed by atoms with Crippen LogP contribution in [0.3, 0.4) is 0 Å². The summed E-state index contributed by atoms with van der Waals surface area (Å²) in [5, 5.41) is 11.5. The molecule has 3 amide bonds. The number of hydrogen-bond donors (Lipinski definition) is 1. The number of nitrogens with one attached hydrogen (secondary N) is 1. The maximum absolute atomic E-state index is 12.5. The van der Waals surface area contributed by atoms with E-state index < -0.39 is 17.5 Å². The number of benzene rings is 1. The Morgan fingerprint density at radius 3 is 2.52 bits per heavy atom. The molecule has 2 rings (SSSR count). The zero-order valence-electron chi connectivity index (χ0n) is 12.2. The lowest BCUT2D eigenvalue weighted by molar-refractivity contribution is -0.131. The molecule has 1 aromatic carbocycles. The highest BCUT2D eigenvalue weighted by Crippen LogP contribution is 2.30. The third kappa shape index (κ3) is 2.55. The van der Waals surface area contributed by atoms with Gasteiger partial charge in [0.05, 0.1) is 19.1 Å². The van der Waals surface area contributed by atoms with Gasteiger partial charge in [-0.2, -0.15) is 5.26 Å². The number of carbonyl (C=O) groups is 2. The molecule has 0 radical (unpaired) electrons. The summed E-state index contributed by atoms with van der Waals surface area (Å²) >= 11 is 0. The fraction of sp³-hybridized carbons (Fsp3) is 0.400. The van der Waals surface area contributed by atoms with Gasteiger partial charge in [0, 0.05) is 6.54 Å². The zero-order valence-corrected chi connectivity index (χ0v) is 12.2. The first-order valence-electron chi connectivity index (χ1n) is 6.60. The summed E-state index contributed by atoms with van der Waals surface area (Å²) in [6.45, 7) is 3.42. The van der Waals surface area contributed by atoms with E-state index in [1.807, 2.05) is 6.07 Å². The van der Waals surface area contributed by atoms with E-state index in [1.54, 1.807) is 45.2 Å². The minimum Gasteiger partial charge on any atom is -0.497 e. The van der Waals surface area contributed by atoms with Crippen molar-refractivity contribution in [1.29, 1.82) is 5.26 Å². The number of rotatable bonds is 4. The summed E-state index contributed by atoms with van der Waals surface area (Å²) in [6, 6.07) is 8.51. The number of nitriles is 1. The SMILES string of the molecule is COc1ccc([C@]2(C)NC(=O)N(C[C@H](C)C#N)C2=O)cc1. The van der Waals surface area contributed by atoms with E-state index >= 15 is 0 Å². The molecule has 1 aliphatic rings. The third-order valence-corrected chi connectivity index (χ3v) is 3.62. The van der Waals surface area contributed by atoms with Gasteiger partial charge in [0.1, 0.15) is 11.3 Å². The summed E-state index contributed by atoms with van der Waals surface area (Å²) < 4.78 is 5.08. The Morgan fingerprint density at radius 2 is 2.00 bits per heavy atom. The number of urea groups is 1. The van der Waals surface area contributed by atoms with Gasteiger partial charge in [-0.05, 0) is 31.5 Å². The molecule has 1 saturated heterocycles. The molecule has 0 aromatic heterocycles. The van der Waals surface area contributed by atoms with Crippen LogP contribution in [-0.2, 0) is 10.3 Å². The molecule has 0 bridgehead atoms. The Hall–Kier alpha value is -2.55. The first kappa shape index (κ1) is 14.9. The van der Waals surface area contributed by atoms with E-state index in [0.717, 1.165) is 4.90 Å². The minimum atomic E-state index is -1.11. The molecule has 6 heteroatoms. The topological polar surface area (TPSA) is 82.4 Å². The van der Waals surface area contributed by atoms with E-state index in [0.29, 0.717) is 11.3 Å². The fourth-order valence-corrected chi connectivity index (χ4v) is 2.30. The molecule has 0 spiro atoms. The lowest BCUT2D eigenvalue weighted by atomic mass is 9.92. The molecule has 6 nitrogen and oxygen atoms in total. The molecule has 1 heterocycles. The van der Waals surface area contributed by atoms with Gasteiger partial charge < -0.3 is 10.1 Å². The largest absolute Gasteiger partial charge is 0.497 e. The Bertz CT molecular complexity index is 606. The van der Waals surface area contributed by atoms with Crippen molar-refractivity contribution in [2.75, 3.05) is 13.7 Å². The number of hydrogen-bond acceptors (Lipinski definition) is 4. The highest BCUT2D eigenvalue weighted by Gasteiger charge is 2.49. The summed E-state index contributed by atoms with van der Waals surface area (Å²) in [5.74, 6) is -0.0771. The standard InChI is InChI=1S/C15H17N3O3/c1-10(8-16)9-18-13(19)15(2,17-14(18)20)11-4-6-12(21-3)7-5-11/h4-7,10H,9H2,1-3H3,(H,17,20)/t10-,15+/m1/s1. The van der Waals surface area contributed by atoms with Gasteiger partial charge in [0.2, 0.25) is 0 Å². The van der Waals surface area contributed by atoms with Crippen molar-refractivity contribution in [2.45, 2.75) is 19.4 Å². The van der Waals surface area contributed by atoms with E-state index in [9.17, 15) is 9.59 Å². The molecular formula is C15H17N3O3. The highest BCUT2D eigenvalue weighted by atomic mass is 16.5. The molecule has 0 saturated carbocycles. The second-order valence-electron chi connectivity index (χ2n) is 5.23. The number of amides is 3. The lowest BCUT2D eigenvalue weighted by Gasteiger charge is -2.22. The predicted octanol–water partition coefficient (Wildman–Crippen LogP) is 1.62. The van der Waals surface area contributed by atoms with Gasteiger partial charge in [-0.1, -0.05) is 12.1 Å². The van der Waals surface area contributed by atoms with Gasteiger partial charge in [-0.15, -0.1) is 0 Å². The summed E-state index contributed by atoms with van der Waals surface area (Å²) in [7, 11) is 1.56. The van der Waals surface area contributed by atoms with Crippen molar-refractivity contribution in [2.24, 2.45) is 5.92 Å². The molecule has 110 valence electrons. The van der Waals surface area contributed by atoms with Crippen molar-refractivity contribution in [3.63, 3.8) is 0 Å². The summed E-state index contributed by atoms with van der Waals surface area (Å²) in [6.07, 6.45) is 0. The monoisotopic (exact) mass is 287 g/mol. The maximum Gasteiger partial charge on any atom is 0.325 e. The van der Waals surface area contributed by atoms with Gasteiger partial charge in [-0.3, -0.25) is 9.69 Å². The summed E-state index contributed by atoms with van der Waals surface area (Å²) in [4.78, 5) is 25.6. The Morgan fingerprint density at radius 1 is 1.38 bits per heavy atom. The van der Waals surface area contributed by atoms with Crippen LogP contribution in [0.25, 0.3) is 0 Å². The maximum atomic E-state index is 12.5. The van der Waals surface area contributed by atoms with E-state index in [-0.39, 0.29) is 12.5 Å². The van der Waals surface area contributed by atoms with Crippen LogP contribution >= 0.6 is 0 Å². The highest BCUT2D eigenvalue weighted by molar-refractivity contribution is 6.07. The molecule has 1 N–H and O–H groups in total. The molecule has 2 atom stereocenters. The number of imide groups is 1. The van der Waals surface area contributed by atoms with Crippen LogP contribution < -0.4 is 10.1 Å². The molecule has 1 aliphatic heterocycles. The van der Waals surface area contributed by atoms with Crippen LogP contribution in [0.5, 0.6) is 5.75 Å². The number of ether oxygens (including phenoxy) is 1. The first-order chi connectivity index (χ1) is 9.92. The number of nitrogens with zero attached hydrogens (tertiary/aromatic N) is 2. The van der Waals surface area contributed by atoms with Crippen molar-refractivity contribution in [1.82, 2.24) is 10.2 Å². The number of carbonyl (C=O) groups excluding carboxylic acids is 2. The molecular weight excluding hydrogens is 270 g/mol. The second-order valence-corrected chi connectivity index (χ2v) is 5.23. The van der Waals surface area contributed by atoms with Crippen molar-refractivity contribution in [3.05, 3.63) is 29.8 Å². The van der Waals surface area contributed by atoms with Gasteiger partial charge in [-0.25, -0.2) is 4.79 Å². The van der Waals surface area contributed by atoms with Crippen molar-refractivity contribution < 1.29 is 14.3 Å². The molecule has 21 heavy (non-hydrogen) atoms.